The van der Waals surface area contributed by atoms with Gasteiger partial charge < -0.3 is 15.1 Å². The van der Waals surface area contributed by atoms with Crippen molar-refractivity contribution in [2.24, 2.45) is 0 Å². The first-order chi connectivity index (χ1) is 14.4. The molecule has 0 spiro atoms. The number of piperazine rings is 1. The average molecular weight is 429 g/mol. The first-order valence-corrected chi connectivity index (χ1v) is 9.79. The Kier molecular flexibility index (Phi) is 7.03. The van der Waals surface area contributed by atoms with Crippen LogP contribution in [0.5, 0.6) is 0 Å². The van der Waals surface area contributed by atoms with Gasteiger partial charge in [0.05, 0.1) is 11.5 Å². The number of nitrogens with zero attached hydrogens (tertiary/aromatic N) is 3. The zero-order chi connectivity index (χ0) is 21.5. The Balaban J connectivity index is 1.45. The number of benzene rings is 2. The van der Waals surface area contributed by atoms with Gasteiger partial charge in [0.2, 0.25) is 11.8 Å². The van der Waals surface area contributed by atoms with Crippen LogP contribution in [0.2, 0.25) is 5.02 Å². The molecule has 0 radical (unpaired) electrons. The zero-order valence-corrected chi connectivity index (χ0v) is 16.9. The molecule has 8 nitrogen and oxygen atoms in total. The summed E-state index contributed by atoms with van der Waals surface area (Å²) in [6.45, 7) is 2.39. The van der Waals surface area contributed by atoms with Gasteiger partial charge in [-0.25, -0.2) is 0 Å². The molecule has 2 aromatic carbocycles. The molecule has 1 N–H and O–H groups in total. The quantitative estimate of drug-likeness (QED) is 0.433. The number of halogens is 1. The Morgan fingerprint density at radius 3 is 2.53 bits per heavy atom. The van der Waals surface area contributed by atoms with Crippen molar-refractivity contribution in [3.05, 3.63) is 75.3 Å². The molecule has 0 atom stereocenters. The Labute approximate surface area is 178 Å². The third-order valence-corrected chi connectivity index (χ3v) is 4.96. The molecule has 1 saturated heterocycles. The van der Waals surface area contributed by atoms with E-state index in [0.717, 1.165) is 5.69 Å². The Bertz CT molecular complexity index is 971. The van der Waals surface area contributed by atoms with Gasteiger partial charge in [-0.05, 0) is 29.8 Å². The molecule has 0 unspecified atom stereocenters. The van der Waals surface area contributed by atoms with Crippen LogP contribution in [0.3, 0.4) is 0 Å². The Morgan fingerprint density at radius 1 is 1.10 bits per heavy atom. The minimum atomic E-state index is -0.498. The lowest BCUT2D eigenvalue weighted by Crippen LogP contribution is -2.51. The van der Waals surface area contributed by atoms with Crippen LogP contribution in [-0.4, -0.2) is 54.4 Å². The number of carbonyl (C=O) groups is 2. The summed E-state index contributed by atoms with van der Waals surface area (Å²) in [5.74, 6) is -0.592. The van der Waals surface area contributed by atoms with Gasteiger partial charge in [0, 0.05) is 55.1 Å². The first-order valence-electron chi connectivity index (χ1n) is 9.41. The molecule has 1 aliphatic rings. The minimum absolute atomic E-state index is 0.0512. The molecule has 9 heteroatoms. The second kappa shape index (κ2) is 9.89. The van der Waals surface area contributed by atoms with Gasteiger partial charge in [0.15, 0.2) is 0 Å². The highest BCUT2D eigenvalue weighted by Gasteiger charge is 2.21. The van der Waals surface area contributed by atoms with E-state index in [1.807, 2.05) is 24.3 Å². The summed E-state index contributed by atoms with van der Waals surface area (Å²) in [4.78, 5) is 38.5. The third kappa shape index (κ3) is 5.81. The highest BCUT2D eigenvalue weighted by Crippen LogP contribution is 2.20. The van der Waals surface area contributed by atoms with Crippen molar-refractivity contribution >= 4 is 40.9 Å². The van der Waals surface area contributed by atoms with Gasteiger partial charge in [-0.3, -0.25) is 19.7 Å². The van der Waals surface area contributed by atoms with Gasteiger partial charge >= 0.3 is 0 Å². The lowest BCUT2D eigenvalue weighted by Gasteiger charge is -2.36. The van der Waals surface area contributed by atoms with Crippen molar-refractivity contribution in [1.29, 1.82) is 0 Å². The van der Waals surface area contributed by atoms with Crippen molar-refractivity contribution in [3.8, 4) is 0 Å². The highest BCUT2D eigenvalue weighted by atomic mass is 35.5. The number of non-ortho nitro benzene ring substituents is 1. The van der Waals surface area contributed by atoms with Gasteiger partial charge in [0.25, 0.3) is 5.69 Å². The lowest BCUT2D eigenvalue weighted by atomic mass is 10.2. The molecular weight excluding hydrogens is 408 g/mol. The van der Waals surface area contributed by atoms with Crippen LogP contribution in [0.4, 0.5) is 11.4 Å². The fourth-order valence-electron chi connectivity index (χ4n) is 3.13. The van der Waals surface area contributed by atoms with Gasteiger partial charge in [-0.15, -0.1) is 0 Å². The number of rotatable bonds is 6. The number of hydrogen-bond donors (Lipinski definition) is 1. The third-order valence-electron chi connectivity index (χ3n) is 4.73. The van der Waals surface area contributed by atoms with Gasteiger partial charge in [-0.2, -0.15) is 0 Å². The average Bonchev–Trinajstić information content (AvgIpc) is 2.76. The molecular formula is C21H21ClN4O4. The summed E-state index contributed by atoms with van der Waals surface area (Å²) in [7, 11) is 0. The van der Waals surface area contributed by atoms with Crippen LogP contribution in [0.15, 0.2) is 54.6 Å². The van der Waals surface area contributed by atoms with E-state index in [4.69, 9.17) is 11.6 Å². The molecule has 1 aliphatic heterocycles. The number of anilines is 1. The Morgan fingerprint density at radius 2 is 1.83 bits per heavy atom. The van der Waals surface area contributed by atoms with Crippen LogP contribution in [-0.2, 0) is 9.59 Å². The van der Waals surface area contributed by atoms with Crippen LogP contribution in [0, 0.1) is 10.1 Å². The monoisotopic (exact) mass is 428 g/mol. The van der Waals surface area contributed by atoms with Gasteiger partial charge in [-0.1, -0.05) is 29.8 Å². The molecule has 1 fully saturated rings. The van der Waals surface area contributed by atoms with E-state index >= 15 is 0 Å². The van der Waals surface area contributed by atoms with E-state index in [9.17, 15) is 19.7 Å². The molecule has 0 bridgehead atoms. The normalized spacial score (nSPS) is 14.0. The molecule has 0 aromatic heterocycles. The molecule has 156 valence electrons. The summed E-state index contributed by atoms with van der Waals surface area (Å²) in [6.07, 6.45) is 2.72. The van der Waals surface area contributed by atoms with E-state index in [1.165, 1.54) is 24.3 Å². The lowest BCUT2D eigenvalue weighted by molar-refractivity contribution is -0.384. The predicted molar refractivity (Wildman–Crippen MR) is 115 cm³/mol. The SMILES string of the molecule is O=C(/C=C/c1cccc([N+](=O)[O-])c1)NCC(=O)N1CCN(c2cccc(Cl)c2)CC1. The van der Waals surface area contributed by atoms with E-state index in [1.54, 1.807) is 17.0 Å². The number of carbonyl (C=O) groups excluding carboxylic acids is 2. The molecule has 1 heterocycles. The van der Waals surface area contributed by atoms with Crippen molar-refractivity contribution in [2.75, 3.05) is 37.6 Å². The maximum Gasteiger partial charge on any atom is 0.270 e. The maximum absolute atomic E-state index is 12.4. The van der Waals surface area contributed by atoms with Crippen LogP contribution < -0.4 is 10.2 Å². The molecule has 0 aliphatic carbocycles. The second-order valence-corrected chi connectivity index (χ2v) is 7.19. The van der Waals surface area contributed by atoms with E-state index in [0.29, 0.717) is 36.8 Å². The fourth-order valence-corrected chi connectivity index (χ4v) is 3.32. The zero-order valence-electron chi connectivity index (χ0n) is 16.2. The van der Waals surface area contributed by atoms with Crippen LogP contribution in [0.25, 0.3) is 6.08 Å². The molecule has 30 heavy (non-hydrogen) atoms. The van der Waals surface area contributed by atoms with Crippen molar-refractivity contribution in [1.82, 2.24) is 10.2 Å². The predicted octanol–water partition coefficient (Wildman–Crippen LogP) is 2.73. The highest BCUT2D eigenvalue weighted by molar-refractivity contribution is 6.30. The molecule has 3 rings (SSSR count). The molecule has 0 saturated carbocycles. The summed E-state index contributed by atoms with van der Waals surface area (Å²) >= 11 is 6.03. The van der Waals surface area contributed by atoms with E-state index in [2.05, 4.69) is 10.2 Å². The smallest absolute Gasteiger partial charge is 0.270 e. The van der Waals surface area contributed by atoms with Crippen molar-refractivity contribution in [3.63, 3.8) is 0 Å². The van der Waals surface area contributed by atoms with Gasteiger partial charge in [0.1, 0.15) is 0 Å². The summed E-state index contributed by atoms with van der Waals surface area (Å²) in [6, 6.07) is 13.5. The fraction of sp³-hybridized carbons (Fsp3) is 0.238. The van der Waals surface area contributed by atoms with Crippen LogP contribution in [0.1, 0.15) is 5.56 Å². The maximum atomic E-state index is 12.4. The summed E-state index contributed by atoms with van der Waals surface area (Å²) in [5.41, 5.74) is 1.50. The second-order valence-electron chi connectivity index (χ2n) is 6.75. The first kappa shape index (κ1) is 21.3. The van der Waals surface area contributed by atoms with Crippen LogP contribution >= 0.6 is 11.6 Å². The largest absolute Gasteiger partial charge is 0.368 e. The minimum Gasteiger partial charge on any atom is -0.368 e. The summed E-state index contributed by atoms with van der Waals surface area (Å²) in [5, 5.41) is 14.0. The molecule has 2 amide bonds. The number of amides is 2. The van der Waals surface area contributed by atoms with E-state index < -0.39 is 10.8 Å². The molecule has 2 aromatic rings. The van der Waals surface area contributed by atoms with Crippen molar-refractivity contribution < 1.29 is 14.5 Å². The summed E-state index contributed by atoms with van der Waals surface area (Å²) < 4.78 is 0. The van der Waals surface area contributed by atoms with E-state index in [-0.39, 0.29) is 18.1 Å². The standard InChI is InChI=1S/C21H21ClN4O4/c22-17-4-2-5-18(14-17)24-9-11-25(12-10-24)21(28)15-23-20(27)8-7-16-3-1-6-19(13-16)26(29)30/h1-8,13-14H,9-12,15H2,(H,23,27)/b8-7+. The number of nitrogens with one attached hydrogen (secondary N) is 1. The number of nitro groups is 1. The van der Waals surface area contributed by atoms with Crippen molar-refractivity contribution in [2.45, 2.75) is 0 Å². The number of hydrogen-bond acceptors (Lipinski definition) is 5. The number of nitro benzene ring substituents is 1. The Hall–Kier alpha value is -3.39. The topological polar surface area (TPSA) is 95.8 Å².